The maximum Gasteiger partial charge on any atom is 0.329 e. The molecule has 8 nitrogen and oxygen atoms in total. The number of aromatic amines is 1. The molecule has 1 fully saturated rings. The Balaban J connectivity index is 1.92. The van der Waals surface area contributed by atoms with E-state index in [9.17, 15) is 14.4 Å². The molecule has 2 aromatic rings. The van der Waals surface area contributed by atoms with Crippen LogP contribution in [0.15, 0.2) is 32.6 Å². The maximum atomic E-state index is 12.3. The second kappa shape index (κ2) is 6.59. The predicted octanol–water partition coefficient (Wildman–Crippen LogP) is 0.597. The molecule has 140 valence electrons. The van der Waals surface area contributed by atoms with Gasteiger partial charge in [-0.15, -0.1) is 0 Å². The van der Waals surface area contributed by atoms with Gasteiger partial charge in [0, 0.05) is 31.1 Å². The topological polar surface area (TPSA) is 93.0 Å². The summed E-state index contributed by atoms with van der Waals surface area (Å²) in [5.41, 5.74) is -0.240. The van der Waals surface area contributed by atoms with Crippen LogP contribution in [0.4, 0.5) is 5.82 Å². The van der Waals surface area contributed by atoms with Gasteiger partial charge in [0.05, 0.1) is 18.3 Å². The molecule has 3 rings (SSSR count). The highest BCUT2D eigenvalue weighted by Crippen LogP contribution is 2.23. The third-order valence-corrected chi connectivity index (χ3v) is 4.84. The lowest BCUT2D eigenvalue weighted by molar-refractivity contribution is 0.456. The Morgan fingerprint density at radius 3 is 2.58 bits per heavy atom. The average molecular weight is 359 g/mol. The van der Waals surface area contributed by atoms with Gasteiger partial charge in [-0.1, -0.05) is 20.8 Å². The Morgan fingerprint density at radius 1 is 1.19 bits per heavy atom. The van der Waals surface area contributed by atoms with E-state index in [0.29, 0.717) is 12.4 Å². The third kappa shape index (κ3) is 3.49. The summed E-state index contributed by atoms with van der Waals surface area (Å²) in [5, 5.41) is 4.52. The van der Waals surface area contributed by atoms with Crippen molar-refractivity contribution in [1.82, 2.24) is 19.3 Å². The van der Waals surface area contributed by atoms with E-state index < -0.39 is 5.69 Å². The normalized spacial score (nSPS) is 17.7. The van der Waals surface area contributed by atoms with Gasteiger partial charge in [0.15, 0.2) is 0 Å². The summed E-state index contributed by atoms with van der Waals surface area (Å²) in [4.78, 5) is 40.8. The summed E-state index contributed by atoms with van der Waals surface area (Å²) in [6.45, 7) is 7.30. The second-order valence-corrected chi connectivity index (χ2v) is 7.84. The van der Waals surface area contributed by atoms with Crippen molar-refractivity contribution >= 4 is 5.82 Å². The van der Waals surface area contributed by atoms with Crippen molar-refractivity contribution in [2.24, 2.45) is 7.05 Å². The number of rotatable bonds is 3. The lowest BCUT2D eigenvalue weighted by atomic mass is 9.92. The van der Waals surface area contributed by atoms with Gasteiger partial charge in [-0.3, -0.25) is 19.1 Å². The van der Waals surface area contributed by atoms with Gasteiger partial charge in [-0.2, -0.15) is 5.10 Å². The first-order chi connectivity index (χ1) is 12.2. The van der Waals surface area contributed by atoms with Crippen LogP contribution < -0.4 is 21.7 Å². The Kier molecular flexibility index (Phi) is 4.60. The highest BCUT2D eigenvalue weighted by atomic mass is 16.2. The first-order valence-corrected chi connectivity index (χ1v) is 8.82. The molecular weight excluding hydrogens is 334 g/mol. The maximum absolute atomic E-state index is 12.3. The van der Waals surface area contributed by atoms with Gasteiger partial charge >= 0.3 is 5.69 Å². The molecule has 0 aromatic carbocycles. The Morgan fingerprint density at radius 2 is 1.92 bits per heavy atom. The summed E-state index contributed by atoms with van der Waals surface area (Å²) in [5.74, 6) is 0.501. The minimum atomic E-state index is -0.442. The minimum Gasteiger partial charge on any atom is -0.353 e. The molecule has 1 unspecified atom stereocenters. The molecule has 1 aliphatic rings. The van der Waals surface area contributed by atoms with Crippen LogP contribution in [0.2, 0.25) is 0 Å². The van der Waals surface area contributed by atoms with Crippen LogP contribution in [-0.4, -0.2) is 31.9 Å². The summed E-state index contributed by atoms with van der Waals surface area (Å²) >= 11 is 0. The molecule has 1 atom stereocenters. The number of hydrogen-bond donors (Lipinski definition) is 1. The zero-order valence-corrected chi connectivity index (χ0v) is 15.7. The molecular formula is C18H25N5O3. The number of nitrogens with one attached hydrogen (secondary N) is 1. The van der Waals surface area contributed by atoms with Crippen LogP contribution in [0, 0.1) is 0 Å². The van der Waals surface area contributed by atoms with Crippen LogP contribution in [0.3, 0.4) is 0 Å². The molecule has 26 heavy (non-hydrogen) atoms. The molecule has 0 bridgehead atoms. The van der Waals surface area contributed by atoms with E-state index in [0.717, 1.165) is 29.6 Å². The molecule has 8 heteroatoms. The lowest BCUT2D eigenvalue weighted by Gasteiger charge is -2.27. The van der Waals surface area contributed by atoms with E-state index in [4.69, 9.17) is 0 Å². The van der Waals surface area contributed by atoms with E-state index in [-0.39, 0.29) is 22.6 Å². The molecule has 3 heterocycles. The van der Waals surface area contributed by atoms with Gasteiger partial charge in [-0.05, 0) is 18.9 Å². The fraction of sp³-hybridized carbons (Fsp3) is 0.556. The van der Waals surface area contributed by atoms with Gasteiger partial charge in [0.2, 0.25) is 0 Å². The number of anilines is 1. The van der Waals surface area contributed by atoms with E-state index in [2.05, 4.69) is 30.9 Å². The van der Waals surface area contributed by atoms with E-state index in [1.54, 1.807) is 12.1 Å². The Labute approximate surface area is 151 Å². The van der Waals surface area contributed by atoms with Crippen LogP contribution in [0.25, 0.3) is 0 Å². The van der Waals surface area contributed by atoms with E-state index >= 15 is 0 Å². The Bertz CT molecular complexity index is 949. The number of hydrogen-bond acceptors (Lipinski definition) is 5. The van der Waals surface area contributed by atoms with Crippen LogP contribution >= 0.6 is 0 Å². The van der Waals surface area contributed by atoms with E-state index in [1.165, 1.54) is 17.8 Å². The van der Waals surface area contributed by atoms with Gasteiger partial charge < -0.3 is 4.90 Å². The largest absolute Gasteiger partial charge is 0.353 e. The number of nitrogens with zero attached hydrogens (tertiary/aromatic N) is 4. The van der Waals surface area contributed by atoms with Gasteiger partial charge in [0.1, 0.15) is 5.82 Å². The predicted molar refractivity (Wildman–Crippen MR) is 99.9 cm³/mol. The van der Waals surface area contributed by atoms with Crippen LogP contribution in [-0.2, 0) is 19.0 Å². The van der Waals surface area contributed by atoms with Crippen molar-refractivity contribution in [3.8, 4) is 0 Å². The van der Waals surface area contributed by atoms with Crippen molar-refractivity contribution < 1.29 is 0 Å². The zero-order valence-electron chi connectivity index (χ0n) is 15.7. The van der Waals surface area contributed by atoms with Crippen LogP contribution in [0.1, 0.15) is 39.3 Å². The minimum absolute atomic E-state index is 0.00169. The molecule has 2 aromatic heterocycles. The standard InChI is InChI=1S/C18H25N5O3/c1-18(2,3)13-7-8-15(24)23(20-13)11-12-6-5-9-22(12)14-10-16(25)21(4)17(26)19-14/h7-8,10,12H,5-6,9,11H2,1-4H3,(H,19,26). The van der Waals surface area contributed by atoms with Crippen molar-refractivity contribution in [1.29, 1.82) is 0 Å². The molecule has 0 radical (unpaired) electrons. The number of H-pyrrole nitrogens is 1. The molecule has 0 spiro atoms. The third-order valence-electron chi connectivity index (χ3n) is 4.84. The van der Waals surface area contributed by atoms with Crippen LogP contribution in [0.5, 0.6) is 0 Å². The van der Waals surface area contributed by atoms with Crippen molar-refractivity contribution in [3.05, 3.63) is 55.1 Å². The SMILES string of the molecule is Cn1c(=O)cc(N2CCCC2Cn2nc(C(C)(C)C)ccc2=O)[nH]c1=O. The summed E-state index contributed by atoms with van der Waals surface area (Å²) in [6, 6.07) is 4.75. The summed E-state index contributed by atoms with van der Waals surface area (Å²) in [7, 11) is 1.44. The van der Waals surface area contributed by atoms with E-state index in [1.807, 2.05) is 4.90 Å². The number of aromatic nitrogens is 4. The summed E-state index contributed by atoms with van der Waals surface area (Å²) < 4.78 is 2.52. The second-order valence-electron chi connectivity index (χ2n) is 7.84. The van der Waals surface area contributed by atoms with Crippen molar-refractivity contribution in [2.45, 2.75) is 51.6 Å². The molecule has 1 aliphatic heterocycles. The molecule has 0 amide bonds. The fourth-order valence-electron chi connectivity index (χ4n) is 3.22. The van der Waals surface area contributed by atoms with Crippen molar-refractivity contribution in [3.63, 3.8) is 0 Å². The fourth-order valence-corrected chi connectivity index (χ4v) is 3.22. The first kappa shape index (κ1) is 18.2. The molecule has 1 saturated heterocycles. The lowest BCUT2D eigenvalue weighted by Crippen LogP contribution is -2.41. The monoisotopic (exact) mass is 359 g/mol. The molecule has 0 aliphatic carbocycles. The average Bonchev–Trinajstić information content (AvgIpc) is 3.01. The zero-order chi connectivity index (χ0) is 19.1. The Hall–Kier alpha value is -2.64. The quantitative estimate of drug-likeness (QED) is 0.866. The smallest absolute Gasteiger partial charge is 0.329 e. The highest BCUT2D eigenvalue weighted by molar-refractivity contribution is 5.39. The van der Waals surface area contributed by atoms with Crippen molar-refractivity contribution in [2.75, 3.05) is 11.4 Å². The molecule has 0 saturated carbocycles. The van der Waals surface area contributed by atoms with Gasteiger partial charge in [0.25, 0.3) is 11.1 Å². The van der Waals surface area contributed by atoms with Gasteiger partial charge in [-0.25, -0.2) is 9.48 Å². The summed E-state index contributed by atoms with van der Waals surface area (Å²) in [6.07, 6.45) is 1.79. The molecule has 1 N–H and O–H groups in total. The highest BCUT2D eigenvalue weighted by Gasteiger charge is 2.27. The first-order valence-electron chi connectivity index (χ1n) is 8.82.